The summed E-state index contributed by atoms with van der Waals surface area (Å²) < 4.78 is 0. The quantitative estimate of drug-likeness (QED) is 0.481. The number of nitrogens with one attached hydrogen (secondary N) is 1. The standard InChI is InChI=1S/C11H13N3O5/c1-2-3-4-12-11(15)8-5-9(13(16)17)7-10(6-8)14(18)19/h5-7H,2-4H2,1H3,(H,12,15). The van der Waals surface area contributed by atoms with Crippen LogP contribution in [0.5, 0.6) is 0 Å². The van der Waals surface area contributed by atoms with Crippen LogP contribution in [0.1, 0.15) is 30.1 Å². The molecular formula is C11H13N3O5. The van der Waals surface area contributed by atoms with Crippen LogP contribution in [0.3, 0.4) is 0 Å². The van der Waals surface area contributed by atoms with Gasteiger partial charge >= 0.3 is 0 Å². The normalized spacial score (nSPS) is 9.95. The maximum Gasteiger partial charge on any atom is 0.277 e. The van der Waals surface area contributed by atoms with Crippen molar-refractivity contribution < 1.29 is 14.6 Å². The molecule has 0 aliphatic rings. The second-order valence-corrected chi connectivity index (χ2v) is 3.86. The van der Waals surface area contributed by atoms with Crippen molar-refractivity contribution in [3.63, 3.8) is 0 Å². The van der Waals surface area contributed by atoms with Crippen molar-refractivity contribution in [3.8, 4) is 0 Å². The lowest BCUT2D eigenvalue weighted by Crippen LogP contribution is -2.24. The number of amides is 1. The number of nitrogens with zero attached hydrogens (tertiary/aromatic N) is 2. The smallest absolute Gasteiger partial charge is 0.277 e. The number of unbranched alkanes of at least 4 members (excludes halogenated alkanes) is 1. The molecule has 0 saturated carbocycles. The molecule has 8 heteroatoms. The second kappa shape index (κ2) is 6.43. The summed E-state index contributed by atoms with van der Waals surface area (Å²) in [7, 11) is 0. The van der Waals surface area contributed by atoms with Gasteiger partial charge in [0.1, 0.15) is 0 Å². The summed E-state index contributed by atoms with van der Waals surface area (Å²) in [5.41, 5.74) is -1.04. The molecule has 1 aromatic carbocycles. The summed E-state index contributed by atoms with van der Waals surface area (Å²) in [6, 6.07) is 2.87. The third-order valence-corrected chi connectivity index (χ3v) is 2.40. The van der Waals surface area contributed by atoms with E-state index >= 15 is 0 Å². The van der Waals surface area contributed by atoms with Crippen molar-refractivity contribution in [3.05, 3.63) is 44.0 Å². The summed E-state index contributed by atoms with van der Waals surface area (Å²) >= 11 is 0. The highest BCUT2D eigenvalue weighted by molar-refractivity contribution is 5.95. The molecule has 1 rings (SSSR count). The Balaban J connectivity index is 3.02. The fraction of sp³-hybridized carbons (Fsp3) is 0.364. The predicted octanol–water partition coefficient (Wildman–Crippen LogP) is 2.03. The van der Waals surface area contributed by atoms with Gasteiger partial charge in [0.15, 0.2) is 0 Å². The lowest BCUT2D eigenvalue weighted by molar-refractivity contribution is -0.394. The number of nitro groups is 2. The highest BCUT2D eigenvalue weighted by Gasteiger charge is 2.19. The van der Waals surface area contributed by atoms with E-state index in [1.165, 1.54) is 0 Å². The van der Waals surface area contributed by atoms with Crippen molar-refractivity contribution in [1.82, 2.24) is 5.32 Å². The van der Waals surface area contributed by atoms with Gasteiger partial charge in [0.05, 0.1) is 21.5 Å². The van der Waals surface area contributed by atoms with Crippen molar-refractivity contribution in [2.45, 2.75) is 19.8 Å². The summed E-state index contributed by atoms with van der Waals surface area (Å²) in [4.78, 5) is 31.5. The first-order valence-electron chi connectivity index (χ1n) is 5.67. The number of nitro benzene ring substituents is 2. The van der Waals surface area contributed by atoms with Gasteiger partial charge in [-0.1, -0.05) is 13.3 Å². The Morgan fingerprint density at radius 1 is 1.16 bits per heavy atom. The minimum Gasteiger partial charge on any atom is -0.352 e. The average Bonchev–Trinajstić information content (AvgIpc) is 2.38. The number of carbonyl (C=O) groups excluding carboxylic acids is 1. The SMILES string of the molecule is CCCCNC(=O)c1cc([N+](=O)[O-])cc([N+](=O)[O-])c1. The molecule has 0 spiro atoms. The topological polar surface area (TPSA) is 115 Å². The Morgan fingerprint density at radius 2 is 1.68 bits per heavy atom. The van der Waals surface area contributed by atoms with E-state index in [-0.39, 0.29) is 5.56 Å². The van der Waals surface area contributed by atoms with E-state index < -0.39 is 27.1 Å². The van der Waals surface area contributed by atoms with Crippen LogP contribution in [-0.4, -0.2) is 22.3 Å². The van der Waals surface area contributed by atoms with E-state index in [0.717, 1.165) is 31.0 Å². The van der Waals surface area contributed by atoms with Crippen LogP contribution >= 0.6 is 0 Å². The molecule has 0 heterocycles. The highest BCUT2D eigenvalue weighted by Crippen LogP contribution is 2.22. The van der Waals surface area contributed by atoms with E-state index in [2.05, 4.69) is 5.32 Å². The van der Waals surface area contributed by atoms with Gasteiger partial charge in [-0.15, -0.1) is 0 Å². The molecule has 0 aliphatic carbocycles. The molecule has 8 nitrogen and oxygen atoms in total. The minimum atomic E-state index is -0.768. The Labute approximate surface area is 108 Å². The van der Waals surface area contributed by atoms with Crippen LogP contribution in [-0.2, 0) is 0 Å². The summed E-state index contributed by atoms with van der Waals surface area (Å²) in [5, 5.41) is 23.9. The van der Waals surface area contributed by atoms with E-state index in [1.54, 1.807) is 0 Å². The first-order chi connectivity index (χ1) is 8.95. The predicted molar refractivity (Wildman–Crippen MR) is 67.0 cm³/mol. The van der Waals surface area contributed by atoms with Gasteiger partial charge in [-0.05, 0) is 6.42 Å². The van der Waals surface area contributed by atoms with Crippen LogP contribution in [0.2, 0.25) is 0 Å². The van der Waals surface area contributed by atoms with Crippen LogP contribution in [0.25, 0.3) is 0 Å². The molecular weight excluding hydrogens is 254 g/mol. The monoisotopic (exact) mass is 267 g/mol. The Morgan fingerprint density at radius 3 is 2.11 bits per heavy atom. The third kappa shape index (κ3) is 4.02. The number of carbonyl (C=O) groups is 1. The summed E-state index contributed by atoms with van der Waals surface area (Å²) in [6.45, 7) is 2.37. The maximum atomic E-state index is 11.7. The van der Waals surface area contributed by atoms with Gasteiger partial charge in [0.2, 0.25) is 0 Å². The molecule has 1 N–H and O–H groups in total. The van der Waals surface area contributed by atoms with Crippen LogP contribution < -0.4 is 5.32 Å². The molecule has 0 aromatic heterocycles. The van der Waals surface area contributed by atoms with E-state index in [9.17, 15) is 25.0 Å². The molecule has 0 bridgehead atoms. The second-order valence-electron chi connectivity index (χ2n) is 3.86. The summed E-state index contributed by atoms with van der Waals surface area (Å²) in [5.74, 6) is -0.555. The number of benzene rings is 1. The number of hydrogen-bond acceptors (Lipinski definition) is 5. The molecule has 0 fully saturated rings. The summed E-state index contributed by atoms with van der Waals surface area (Å²) in [6.07, 6.45) is 1.65. The fourth-order valence-electron chi connectivity index (χ4n) is 1.42. The van der Waals surface area contributed by atoms with Gasteiger partial charge in [-0.2, -0.15) is 0 Å². The largest absolute Gasteiger partial charge is 0.352 e. The fourth-order valence-corrected chi connectivity index (χ4v) is 1.42. The molecule has 0 radical (unpaired) electrons. The van der Waals surface area contributed by atoms with Gasteiger partial charge in [-0.3, -0.25) is 25.0 Å². The van der Waals surface area contributed by atoms with Gasteiger partial charge < -0.3 is 5.32 Å². The molecule has 1 aromatic rings. The first kappa shape index (κ1) is 14.6. The lowest BCUT2D eigenvalue weighted by atomic mass is 10.1. The first-order valence-corrected chi connectivity index (χ1v) is 5.67. The Bertz CT molecular complexity index is 483. The van der Waals surface area contributed by atoms with E-state index in [1.807, 2.05) is 6.92 Å². The van der Waals surface area contributed by atoms with Crippen LogP contribution in [0, 0.1) is 20.2 Å². The number of non-ortho nitro benzene ring substituents is 2. The van der Waals surface area contributed by atoms with E-state index in [0.29, 0.717) is 6.54 Å². The number of rotatable bonds is 6. The highest BCUT2D eigenvalue weighted by atomic mass is 16.6. The van der Waals surface area contributed by atoms with Crippen LogP contribution in [0.4, 0.5) is 11.4 Å². The van der Waals surface area contributed by atoms with Crippen molar-refractivity contribution in [2.24, 2.45) is 0 Å². The average molecular weight is 267 g/mol. The molecule has 0 atom stereocenters. The molecule has 102 valence electrons. The Kier molecular flexibility index (Phi) is 4.92. The zero-order valence-corrected chi connectivity index (χ0v) is 10.3. The minimum absolute atomic E-state index is 0.0861. The molecule has 0 unspecified atom stereocenters. The zero-order chi connectivity index (χ0) is 14.4. The van der Waals surface area contributed by atoms with E-state index in [4.69, 9.17) is 0 Å². The van der Waals surface area contributed by atoms with Crippen molar-refractivity contribution in [1.29, 1.82) is 0 Å². The Hall–Kier alpha value is -2.51. The van der Waals surface area contributed by atoms with Gasteiger partial charge in [0.25, 0.3) is 17.3 Å². The van der Waals surface area contributed by atoms with Crippen LogP contribution in [0.15, 0.2) is 18.2 Å². The zero-order valence-electron chi connectivity index (χ0n) is 10.3. The molecule has 1 amide bonds. The lowest BCUT2D eigenvalue weighted by Gasteiger charge is -2.04. The molecule has 19 heavy (non-hydrogen) atoms. The maximum absolute atomic E-state index is 11.7. The van der Waals surface area contributed by atoms with Crippen molar-refractivity contribution >= 4 is 17.3 Å². The van der Waals surface area contributed by atoms with Crippen molar-refractivity contribution in [2.75, 3.05) is 6.54 Å². The van der Waals surface area contributed by atoms with Gasteiger partial charge in [0, 0.05) is 18.7 Å². The molecule has 0 aliphatic heterocycles. The van der Waals surface area contributed by atoms with Gasteiger partial charge in [-0.25, -0.2) is 0 Å². The number of hydrogen-bond donors (Lipinski definition) is 1. The molecule has 0 saturated heterocycles. The third-order valence-electron chi connectivity index (χ3n) is 2.40.